The predicted molar refractivity (Wildman–Crippen MR) is 49.9 cm³/mol. The fraction of sp³-hybridized carbons (Fsp3) is 0.333. The molecule has 0 aromatic carbocycles. The summed E-state index contributed by atoms with van der Waals surface area (Å²) in [7, 11) is 0. The lowest BCUT2D eigenvalue weighted by atomic mass is 10.2. The number of ketones is 1. The number of rotatable bonds is 4. The van der Waals surface area contributed by atoms with Crippen molar-refractivity contribution in [2.45, 2.75) is 19.8 Å². The van der Waals surface area contributed by atoms with Gasteiger partial charge in [0.2, 0.25) is 0 Å². The molecule has 74 valence electrons. The normalized spacial score (nSPS) is 9.79. The number of carbonyl (C=O) groups excluding carboxylic acids is 1. The van der Waals surface area contributed by atoms with Crippen molar-refractivity contribution < 1.29 is 9.72 Å². The molecule has 14 heavy (non-hydrogen) atoms. The Kier molecular flexibility index (Phi) is 3.28. The molecule has 5 heteroatoms. The Hall–Kier alpha value is -1.78. The Balaban J connectivity index is 2.64. The molecule has 0 atom stereocenters. The molecule has 5 nitrogen and oxygen atoms in total. The number of aromatic nitrogens is 1. The van der Waals surface area contributed by atoms with Gasteiger partial charge in [-0.05, 0) is 19.4 Å². The second kappa shape index (κ2) is 4.45. The number of Topliss-reactive ketones (excluding diaryl/α,β-unsaturated/α-hetero) is 1. The summed E-state index contributed by atoms with van der Waals surface area (Å²) in [5.74, 6) is 0.0881. The third-order valence-corrected chi connectivity index (χ3v) is 1.75. The molecule has 1 heterocycles. The van der Waals surface area contributed by atoms with Crippen molar-refractivity contribution in [3.63, 3.8) is 0 Å². The van der Waals surface area contributed by atoms with Gasteiger partial charge in [-0.2, -0.15) is 0 Å². The summed E-state index contributed by atoms with van der Waals surface area (Å²) in [4.78, 5) is 24.3. The Bertz CT molecular complexity index is 346. The molecule has 0 saturated carbocycles. The summed E-state index contributed by atoms with van der Waals surface area (Å²) < 4.78 is 0. The average molecular weight is 194 g/mol. The molecule has 1 rings (SSSR count). The molecule has 0 amide bonds. The van der Waals surface area contributed by atoms with E-state index < -0.39 is 4.92 Å². The second-order valence-corrected chi connectivity index (χ2v) is 2.97. The van der Waals surface area contributed by atoms with Crippen LogP contribution in [0.5, 0.6) is 0 Å². The third-order valence-electron chi connectivity index (χ3n) is 1.75. The van der Waals surface area contributed by atoms with Crippen LogP contribution in [0, 0.1) is 10.1 Å². The fourth-order valence-electron chi connectivity index (χ4n) is 0.977. The number of hydrogen-bond donors (Lipinski definition) is 0. The molecule has 1 aromatic heterocycles. The second-order valence-electron chi connectivity index (χ2n) is 2.97. The van der Waals surface area contributed by atoms with Crippen LogP contribution in [0.3, 0.4) is 0 Å². The zero-order valence-electron chi connectivity index (χ0n) is 7.77. The molecule has 0 aliphatic heterocycles. The molecule has 0 bridgehead atoms. The molecule has 0 saturated heterocycles. The molecule has 0 unspecified atom stereocenters. The van der Waals surface area contributed by atoms with Crippen LogP contribution in [0.2, 0.25) is 0 Å². The van der Waals surface area contributed by atoms with Gasteiger partial charge in [0.1, 0.15) is 12.0 Å². The van der Waals surface area contributed by atoms with Gasteiger partial charge in [0.15, 0.2) is 0 Å². The van der Waals surface area contributed by atoms with Crippen LogP contribution in [-0.2, 0) is 11.2 Å². The van der Waals surface area contributed by atoms with Crippen molar-refractivity contribution >= 4 is 11.5 Å². The molecule has 0 N–H and O–H groups in total. The van der Waals surface area contributed by atoms with E-state index in [1.807, 2.05) is 0 Å². The molecule has 0 radical (unpaired) electrons. The predicted octanol–water partition coefficient (Wildman–Crippen LogP) is 1.51. The number of aryl methyl sites for hydroxylation is 1. The maximum Gasteiger partial charge on any atom is 0.287 e. The minimum Gasteiger partial charge on any atom is -0.300 e. The highest BCUT2D eigenvalue weighted by molar-refractivity contribution is 5.75. The van der Waals surface area contributed by atoms with E-state index >= 15 is 0 Å². The highest BCUT2D eigenvalue weighted by Gasteiger charge is 2.05. The Morgan fingerprint density at radius 3 is 2.71 bits per heavy atom. The van der Waals surface area contributed by atoms with Gasteiger partial charge in [0, 0.05) is 18.2 Å². The fourth-order valence-corrected chi connectivity index (χ4v) is 0.977. The van der Waals surface area contributed by atoms with E-state index in [2.05, 4.69) is 4.98 Å². The van der Waals surface area contributed by atoms with Gasteiger partial charge in [-0.15, -0.1) is 0 Å². The first kappa shape index (κ1) is 10.3. The van der Waals surface area contributed by atoms with E-state index in [1.165, 1.54) is 19.2 Å². The van der Waals surface area contributed by atoms with Gasteiger partial charge in [-0.3, -0.25) is 15.1 Å². The molecular weight excluding hydrogens is 184 g/mol. The number of nitrogens with zero attached hydrogens (tertiary/aromatic N) is 2. The van der Waals surface area contributed by atoms with Crippen LogP contribution < -0.4 is 0 Å². The van der Waals surface area contributed by atoms with Gasteiger partial charge in [0.05, 0.1) is 4.92 Å². The van der Waals surface area contributed by atoms with Gasteiger partial charge in [-0.1, -0.05) is 0 Å². The van der Waals surface area contributed by atoms with Crippen molar-refractivity contribution in [2.24, 2.45) is 0 Å². The Labute approximate surface area is 80.9 Å². The van der Waals surface area contributed by atoms with Crippen LogP contribution in [-0.4, -0.2) is 15.7 Å². The van der Waals surface area contributed by atoms with Crippen LogP contribution >= 0.6 is 0 Å². The summed E-state index contributed by atoms with van der Waals surface area (Å²) in [5, 5.41) is 10.3. The summed E-state index contributed by atoms with van der Waals surface area (Å²) in [5.41, 5.74) is 0.669. The van der Waals surface area contributed by atoms with Crippen LogP contribution in [0.1, 0.15) is 19.0 Å². The maximum absolute atomic E-state index is 10.7. The number of nitro groups is 1. The quantitative estimate of drug-likeness (QED) is 0.538. The van der Waals surface area contributed by atoms with E-state index in [4.69, 9.17) is 0 Å². The van der Waals surface area contributed by atoms with Gasteiger partial charge < -0.3 is 4.79 Å². The van der Waals surface area contributed by atoms with E-state index in [1.54, 1.807) is 6.07 Å². The lowest BCUT2D eigenvalue weighted by Crippen LogP contribution is -1.97. The highest BCUT2D eigenvalue weighted by atomic mass is 16.6. The van der Waals surface area contributed by atoms with E-state index in [0.29, 0.717) is 18.5 Å². The smallest absolute Gasteiger partial charge is 0.287 e. The minimum atomic E-state index is -0.498. The SMILES string of the molecule is CC(=O)CCc1ccc([N+](=O)[O-])cn1. The molecule has 0 spiro atoms. The number of pyridine rings is 1. The molecule has 0 aliphatic carbocycles. The van der Waals surface area contributed by atoms with Crippen molar-refractivity contribution in [3.05, 3.63) is 34.1 Å². The van der Waals surface area contributed by atoms with Crippen LogP contribution in [0.25, 0.3) is 0 Å². The first-order valence-corrected chi connectivity index (χ1v) is 4.18. The van der Waals surface area contributed by atoms with Gasteiger partial charge >= 0.3 is 0 Å². The molecule has 0 fully saturated rings. The summed E-state index contributed by atoms with van der Waals surface area (Å²) >= 11 is 0. The van der Waals surface area contributed by atoms with Crippen molar-refractivity contribution in [3.8, 4) is 0 Å². The van der Waals surface area contributed by atoms with Crippen molar-refractivity contribution in [2.75, 3.05) is 0 Å². The maximum atomic E-state index is 10.7. The lowest BCUT2D eigenvalue weighted by Gasteiger charge is -1.96. The van der Waals surface area contributed by atoms with Crippen LogP contribution in [0.4, 0.5) is 5.69 Å². The zero-order chi connectivity index (χ0) is 10.6. The third kappa shape index (κ3) is 2.93. The van der Waals surface area contributed by atoms with E-state index in [9.17, 15) is 14.9 Å². The first-order chi connectivity index (χ1) is 6.59. The number of carbonyl (C=O) groups is 1. The summed E-state index contributed by atoms with van der Waals surface area (Å²) in [6.45, 7) is 1.51. The average Bonchev–Trinajstić information content (AvgIpc) is 2.15. The highest BCUT2D eigenvalue weighted by Crippen LogP contribution is 2.09. The van der Waals surface area contributed by atoms with Crippen molar-refractivity contribution in [1.29, 1.82) is 0 Å². The monoisotopic (exact) mass is 194 g/mol. The Morgan fingerprint density at radius 1 is 1.57 bits per heavy atom. The van der Waals surface area contributed by atoms with Crippen molar-refractivity contribution in [1.82, 2.24) is 4.98 Å². The zero-order valence-corrected chi connectivity index (χ0v) is 7.77. The standard InChI is InChI=1S/C9H10N2O3/c1-7(12)2-3-8-4-5-9(6-10-8)11(13)14/h4-6H,2-3H2,1H3. The van der Waals surface area contributed by atoms with Gasteiger partial charge in [0.25, 0.3) is 5.69 Å². The minimum absolute atomic E-state index is 0.0309. The summed E-state index contributed by atoms with van der Waals surface area (Å²) in [6, 6.07) is 2.96. The molecule has 1 aromatic rings. The first-order valence-electron chi connectivity index (χ1n) is 4.18. The largest absolute Gasteiger partial charge is 0.300 e. The topological polar surface area (TPSA) is 73.1 Å². The molecule has 0 aliphatic rings. The Morgan fingerprint density at radius 2 is 2.29 bits per heavy atom. The lowest BCUT2D eigenvalue weighted by molar-refractivity contribution is -0.385. The van der Waals surface area contributed by atoms with E-state index in [0.717, 1.165) is 0 Å². The van der Waals surface area contributed by atoms with Crippen LogP contribution in [0.15, 0.2) is 18.3 Å². The molecular formula is C9H10N2O3. The number of hydrogen-bond acceptors (Lipinski definition) is 4. The van der Waals surface area contributed by atoms with Gasteiger partial charge in [-0.25, -0.2) is 0 Å². The van der Waals surface area contributed by atoms with E-state index in [-0.39, 0.29) is 11.5 Å². The summed E-state index contributed by atoms with van der Waals surface area (Å²) in [6.07, 6.45) is 2.16.